The number of Topliss-reactive ketones (excluding diaryl/α,β-unsaturated/α-hetero) is 1. The third kappa shape index (κ3) is 7.51. The van der Waals surface area contributed by atoms with Gasteiger partial charge in [-0.1, -0.05) is 12.1 Å². The van der Waals surface area contributed by atoms with Gasteiger partial charge in [-0.05, 0) is 59.5 Å². The number of esters is 1. The SMILES string of the molecule is COC(=O)[C@@H]1c2cc3c(c(O)c2[C@@H](O[C@@H]2C[C@H](N(C)C)[C@H](O[C@H]4C[C@H](O)[C@H](O[C@H]5CCC(=O)[C@H](C)O5)[C@H](C)O4)[C@H](C)O2)C[C@@]1(C)O)C(=O)c1c(O)cccc1C3=O. The number of phenols is 2. The number of phenolic OH excluding ortho intramolecular Hbond substituents is 2. The molecule has 2 aliphatic carbocycles. The number of likely N-dealkylation sites (N-methyl/N-ethyl adjacent to an activating group) is 1. The van der Waals surface area contributed by atoms with E-state index in [1.165, 1.54) is 31.2 Å². The number of carbonyl (C=O) groups is 4. The quantitative estimate of drug-likeness (QED) is 0.241. The van der Waals surface area contributed by atoms with Crippen LogP contribution in [0.15, 0.2) is 24.3 Å². The Bertz CT molecular complexity index is 1920. The van der Waals surface area contributed by atoms with Crippen molar-refractivity contribution >= 4 is 23.3 Å². The van der Waals surface area contributed by atoms with Crippen LogP contribution in [0, 0.1) is 0 Å². The van der Waals surface area contributed by atoms with Gasteiger partial charge in [0.1, 0.15) is 35.7 Å². The summed E-state index contributed by atoms with van der Waals surface area (Å²) in [6.07, 6.45) is -6.74. The van der Waals surface area contributed by atoms with E-state index in [9.17, 15) is 39.6 Å². The lowest BCUT2D eigenvalue weighted by molar-refractivity contribution is -0.324. The molecule has 3 heterocycles. The highest BCUT2D eigenvalue weighted by atomic mass is 16.7. The largest absolute Gasteiger partial charge is 0.507 e. The summed E-state index contributed by atoms with van der Waals surface area (Å²) >= 11 is 0. The highest BCUT2D eigenvalue weighted by Gasteiger charge is 2.52. The van der Waals surface area contributed by atoms with Gasteiger partial charge in [-0.25, -0.2) is 0 Å². The molecule has 0 bridgehead atoms. The van der Waals surface area contributed by atoms with Gasteiger partial charge >= 0.3 is 5.97 Å². The van der Waals surface area contributed by atoms with Gasteiger partial charge in [-0.3, -0.25) is 19.2 Å². The lowest BCUT2D eigenvalue weighted by Gasteiger charge is -2.48. The van der Waals surface area contributed by atoms with Crippen LogP contribution in [-0.4, -0.2) is 137 Å². The molecule has 3 fully saturated rings. The second-order valence-corrected chi connectivity index (χ2v) is 16.2. The number of rotatable bonds is 8. The maximum absolute atomic E-state index is 13.9. The molecule has 16 nitrogen and oxygen atoms in total. The lowest BCUT2D eigenvalue weighted by Crippen LogP contribution is -2.58. The van der Waals surface area contributed by atoms with Crippen molar-refractivity contribution in [3.63, 3.8) is 0 Å². The number of benzene rings is 2. The van der Waals surface area contributed by atoms with E-state index in [0.717, 1.165) is 7.11 Å². The van der Waals surface area contributed by atoms with E-state index in [4.69, 9.17) is 33.2 Å². The number of carbonyl (C=O) groups excluding carboxylic acids is 4. The molecule has 0 radical (unpaired) electrons. The maximum atomic E-state index is 13.9. The van der Waals surface area contributed by atoms with Crippen LogP contribution in [0.25, 0.3) is 0 Å². The second-order valence-electron chi connectivity index (χ2n) is 16.2. The normalized spacial score (nSPS) is 36.7. The molecule has 2 aromatic rings. The van der Waals surface area contributed by atoms with Crippen LogP contribution in [0.4, 0.5) is 0 Å². The van der Waals surface area contributed by atoms with Gasteiger partial charge in [0.25, 0.3) is 0 Å². The number of nitrogens with zero attached hydrogens (tertiary/aromatic N) is 1. The van der Waals surface area contributed by atoms with Crippen LogP contribution in [0.1, 0.15) is 115 Å². The molecule has 4 N–H and O–H groups in total. The number of aliphatic hydroxyl groups excluding tert-OH is 1. The summed E-state index contributed by atoms with van der Waals surface area (Å²) in [5, 5.41) is 45.4. The summed E-state index contributed by atoms with van der Waals surface area (Å²) in [6, 6.07) is 5.07. The van der Waals surface area contributed by atoms with Crippen LogP contribution in [-0.2, 0) is 42.7 Å². The van der Waals surface area contributed by atoms with Crippen molar-refractivity contribution in [1.82, 2.24) is 4.90 Å². The zero-order chi connectivity index (χ0) is 41.2. The van der Waals surface area contributed by atoms with Crippen molar-refractivity contribution in [2.75, 3.05) is 21.2 Å². The van der Waals surface area contributed by atoms with E-state index in [2.05, 4.69) is 0 Å². The van der Waals surface area contributed by atoms with Crippen molar-refractivity contribution in [2.24, 2.45) is 0 Å². The molecular weight excluding hydrogens is 746 g/mol. The fourth-order valence-electron chi connectivity index (χ4n) is 9.06. The van der Waals surface area contributed by atoms with Crippen LogP contribution < -0.4 is 0 Å². The highest BCUT2D eigenvalue weighted by molar-refractivity contribution is 6.30. The number of hydrogen-bond acceptors (Lipinski definition) is 16. The zero-order valence-corrected chi connectivity index (χ0v) is 33.0. The number of methoxy groups -OCH3 is 1. The first kappa shape index (κ1) is 41.3. The minimum Gasteiger partial charge on any atom is -0.507 e. The standard InChI is InChI=1S/C41H51NO15/c1-17-24(43)11-12-28(52-17)56-39-19(3)54-30(15-26(39)45)57-38-18(2)53-29(14-23(38)42(5)6)55-27-16-41(4,50)34(40(49)51-7)21-13-22-33(37(48)32(21)27)36(47)31-20(35(22)46)9-8-10-25(31)44/h8-10,13,17-19,23,26-30,34,38-39,44-45,48,50H,11-12,14-16H2,1-7H3/t17-,18-,19-,23-,26-,27-,28-,29+,30-,34-,38+,39+,41+/m0/s1. The van der Waals surface area contributed by atoms with Crippen molar-refractivity contribution in [3.05, 3.63) is 57.6 Å². The molecule has 0 unspecified atom stereocenters. The molecule has 3 saturated heterocycles. The molecule has 2 aromatic carbocycles. The Morgan fingerprint density at radius 1 is 0.877 bits per heavy atom. The Morgan fingerprint density at radius 3 is 2.19 bits per heavy atom. The predicted molar refractivity (Wildman–Crippen MR) is 197 cm³/mol. The smallest absolute Gasteiger partial charge is 0.316 e. The Hall–Kier alpha value is -3.84. The number of fused-ring (bicyclic) bond motifs is 3. The average molecular weight is 798 g/mol. The van der Waals surface area contributed by atoms with Crippen molar-refractivity contribution in [2.45, 2.75) is 139 Å². The molecule has 13 atom stereocenters. The van der Waals surface area contributed by atoms with Gasteiger partial charge in [0.15, 0.2) is 30.4 Å². The monoisotopic (exact) mass is 797 g/mol. The van der Waals surface area contributed by atoms with Gasteiger partial charge in [0, 0.05) is 54.8 Å². The Balaban J connectivity index is 1.12. The van der Waals surface area contributed by atoms with Gasteiger partial charge in [-0.15, -0.1) is 0 Å². The molecule has 0 aromatic heterocycles. The molecule has 7 rings (SSSR count). The average Bonchev–Trinajstić information content (AvgIpc) is 3.13. The summed E-state index contributed by atoms with van der Waals surface area (Å²) in [4.78, 5) is 54.7. The molecule has 310 valence electrons. The first-order chi connectivity index (χ1) is 26.9. The van der Waals surface area contributed by atoms with Crippen LogP contribution >= 0.6 is 0 Å². The molecule has 0 amide bonds. The third-order valence-corrected chi connectivity index (χ3v) is 12.0. The number of hydrogen-bond donors (Lipinski definition) is 4. The van der Waals surface area contributed by atoms with E-state index in [0.29, 0.717) is 12.8 Å². The summed E-state index contributed by atoms with van der Waals surface area (Å²) in [7, 11) is 4.89. The summed E-state index contributed by atoms with van der Waals surface area (Å²) < 4.78 is 42.4. The summed E-state index contributed by atoms with van der Waals surface area (Å²) in [5.74, 6) is -4.65. The maximum Gasteiger partial charge on any atom is 0.316 e. The molecule has 5 aliphatic rings. The van der Waals surface area contributed by atoms with E-state index < -0.39 is 102 Å². The van der Waals surface area contributed by atoms with Crippen LogP contribution in [0.2, 0.25) is 0 Å². The van der Waals surface area contributed by atoms with Gasteiger partial charge < -0.3 is 58.5 Å². The fourth-order valence-corrected chi connectivity index (χ4v) is 9.06. The molecule has 57 heavy (non-hydrogen) atoms. The summed E-state index contributed by atoms with van der Waals surface area (Å²) in [5.41, 5.74) is -2.58. The van der Waals surface area contributed by atoms with Gasteiger partial charge in [0.2, 0.25) is 5.78 Å². The van der Waals surface area contributed by atoms with Crippen LogP contribution in [0.5, 0.6) is 11.5 Å². The van der Waals surface area contributed by atoms with Crippen molar-refractivity contribution in [1.29, 1.82) is 0 Å². The Morgan fingerprint density at radius 2 is 1.54 bits per heavy atom. The minimum absolute atomic E-state index is 0.00518. The Labute approximate surface area is 329 Å². The predicted octanol–water partition coefficient (Wildman–Crippen LogP) is 2.77. The molecule has 0 spiro atoms. The fraction of sp³-hybridized carbons (Fsp3) is 0.610. The van der Waals surface area contributed by atoms with E-state index >= 15 is 0 Å². The van der Waals surface area contributed by atoms with E-state index in [1.807, 2.05) is 19.0 Å². The Kier molecular flexibility index (Phi) is 11.4. The van der Waals surface area contributed by atoms with E-state index in [-0.39, 0.29) is 64.5 Å². The first-order valence-corrected chi connectivity index (χ1v) is 19.3. The second kappa shape index (κ2) is 15.7. The number of ether oxygens (including phenoxy) is 7. The third-order valence-electron chi connectivity index (χ3n) is 12.0. The van der Waals surface area contributed by atoms with Crippen molar-refractivity contribution in [3.8, 4) is 11.5 Å². The number of aliphatic hydroxyl groups is 2. The molecule has 0 saturated carbocycles. The van der Waals surface area contributed by atoms with Gasteiger partial charge in [0.05, 0.1) is 48.3 Å². The van der Waals surface area contributed by atoms with Gasteiger partial charge in [-0.2, -0.15) is 0 Å². The lowest BCUT2D eigenvalue weighted by atomic mass is 9.68. The summed E-state index contributed by atoms with van der Waals surface area (Å²) in [6.45, 7) is 6.68. The number of ketones is 3. The van der Waals surface area contributed by atoms with Crippen molar-refractivity contribution < 1.29 is 72.8 Å². The minimum atomic E-state index is -1.80. The van der Waals surface area contributed by atoms with E-state index in [1.54, 1.807) is 20.8 Å². The molecule has 3 aliphatic heterocycles. The molecule has 16 heteroatoms. The first-order valence-electron chi connectivity index (χ1n) is 19.3. The topological polar surface area (TPSA) is 217 Å². The zero-order valence-electron chi connectivity index (χ0n) is 33.0. The highest BCUT2D eigenvalue weighted by Crippen LogP contribution is 2.53. The molecular formula is C41H51NO15. The number of aromatic hydroxyl groups is 2. The van der Waals surface area contributed by atoms with Crippen LogP contribution in [0.3, 0.4) is 0 Å².